The van der Waals surface area contributed by atoms with E-state index in [1.54, 1.807) is 10.9 Å². The maximum Gasteiger partial charge on any atom is 0.102 e. The molecule has 2 aromatic rings. The van der Waals surface area contributed by atoms with Crippen molar-refractivity contribution in [3.8, 4) is 5.69 Å². The number of hydrogen-bond donors (Lipinski definition) is 0. The highest BCUT2D eigenvalue weighted by Crippen LogP contribution is 2.32. The van der Waals surface area contributed by atoms with Crippen molar-refractivity contribution in [3.63, 3.8) is 0 Å². The predicted octanol–water partition coefficient (Wildman–Crippen LogP) is 4.30. The van der Waals surface area contributed by atoms with Crippen molar-refractivity contribution < 1.29 is 0 Å². The van der Waals surface area contributed by atoms with Gasteiger partial charge in [0.15, 0.2) is 0 Å². The fraction of sp³-hybridized carbons (Fsp3) is 0.250. The smallest absolute Gasteiger partial charge is 0.102 e. The summed E-state index contributed by atoms with van der Waals surface area (Å²) in [5, 5.41) is 5.38. The Kier molecular flexibility index (Phi) is 3.22. The van der Waals surface area contributed by atoms with E-state index >= 15 is 0 Å². The van der Waals surface area contributed by atoms with Gasteiger partial charge in [0, 0.05) is 12.4 Å². The molecule has 84 valence electrons. The van der Waals surface area contributed by atoms with Crippen LogP contribution in [-0.2, 0) is 0 Å². The minimum Gasteiger partial charge on any atom is -0.238 e. The van der Waals surface area contributed by atoms with E-state index in [0.29, 0.717) is 16.0 Å². The lowest BCUT2D eigenvalue weighted by Crippen LogP contribution is -1.98. The highest BCUT2D eigenvalue weighted by atomic mass is 35.5. The molecule has 4 heteroatoms. The molecular formula is C12H12Cl2N2. The van der Waals surface area contributed by atoms with E-state index < -0.39 is 0 Å². The fourth-order valence-electron chi connectivity index (χ4n) is 1.54. The van der Waals surface area contributed by atoms with Crippen LogP contribution < -0.4 is 0 Å². The summed E-state index contributed by atoms with van der Waals surface area (Å²) >= 11 is 12.4. The van der Waals surface area contributed by atoms with E-state index in [0.717, 1.165) is 11.3 Å². The van der Waals surface area contributed by atoms with Gasteiger partial charge in [0.1, 0.15) is 5.69 Å². The molecule has 0 N–H and O–H groups in total. The van der Waals surface area contributed by atoms with E-state index in [9.17, 15) is 0 Å². The first-order valence-corrected chi connectivity index (χ1v) is 5.84. The standard InChI is InChI=1S/C12H12Cl2N2/c1-8(2)9-6-10(13)12(11(14)7-9)16-5-3-4-15-16/h3-8H,1-2H3. The Bertz CT molecular complexity index is 467. The lowest BCUT2D eigenvalue weighted by atomic mass is 10.0. The Morgan fingerprint density at radius 2 is 1.81 bits per heavy atom. The summed E-state index contributed by atoms with van der Waals surface area (Å²) in [5.74, 6) is 0.404. The molecule has 0 bridgehead atoms. The van der Waals surface area contributed by atoms with Gasteiger partial charge in [0.05, 0.1) is 10.0 Å². The van der Waals surface area contributed by atoms with Crippen LogP contribution in [0, 0.1) is 0 Å². The van der Waals surface area contributed by atoms with Crippen LogP contribution in [0.5, 0.6) is 0 Å². The minimum atomic E-state index is 0.404. The summed E-state index contributed by atoms with van der Waals surface area (Å²) in [6.45, 7) is 4.21. The van der Waals surface area contributed by atoms with Crippen LogP contribution in [0.15, 0.2) is 30.6 Å². The number of aromatic nitrogens is 2. The molecule has 1 heterocycles. The molecule has 0 aliphatic carbocycles. The highest BCUT2D eigenvalue weighted by Gasteiger charge is 2.11. The largest absolute Gasteiger partial charge is 0.238 e. The Morgan fingerprint density at radius 3 is 2.25 bits per heavy atom. The minimum absolute atomic E-state index is 0.404. The summed E-state index contributed by atoms with van der Waals surface area (Å²) in [5.41, 5.74) is 1.86. The third kappa shape index (κ3) is 2.08. The van der Waals surface area contributed by atoms with Crippen LogP contribution in [0.2, 0.25) is 10.0 Å². The van der Waals surface area contributed by atoms with E-state index in [2.05, 4.69) is 18.9 Å². The van der Waals surface area contributed by atoms with Gasteiger partial charge in [0.25, 0.3) is 0 Å². The SMILES string of the molecule is CC(C)c1cc(Cl)c(-n2cccn2)c(Cl)c1. The van der Waals surface area contributed by atoms with Crippen LogP contribution in [-0.4, -0.2) is 9.78 Å². The van der Waals surface area contributed by atoms with Crippen LogP contribution in [0.1, 0.15) is 25.3 Å². The number of benzene rings is 1. The zero-order valence-electron chi connectivity index (χ0n) is 9.11. The number of rotatable bonds is 2. The van der Waals surface area contributed by atoms with Gasteiger partial charge >= 0.3 is 0 Å². The van der Waals surface area contributed by atoms with E-state index in [1.165, 1.54) is 0 Å². The molecular weight excluding hydrogens is 243 g/mol. The van der Waals surface area contributed by atoms with Gasteiger partial charge in [-0.3, -0.25) is 0 Å². The molecule has 16 heavy (non-hydrogen) atoms. The molecule has 0 saturated heterocycles. The molecule has 0 atom stereocenters. The van der Waals surface area contributed by atoms with Gasteiger partial charge in [-0.05, 0) is 29.7 Å². The van der Waals surface area contributed by atoms with Crippen molar-refractivity contribution in [2.24, 2.45) is 0 Å². The lowest BCUT2D eigenvalue weighted by Gasteiger charge is -2.12. The average Bonchev–Trinajstić information content (AvgIpc) is 2.69. The lowest BCUT2D eigenvalue weighted by molar-refractivity contribution is 0.854. The summed E-state index contributed by atoms with van der Waals surface area (Å²) in [7, 11) is 0. The summed E-state index contributed by atoms with van der Waals surface area (Å²) in [6, 6.07) is 5.72. The topological polar surface area (TPSA) is 17.8 Å². The second kappa shape index (κ2) is 4.48. The quantitative estimate of drug-likeness (QED) is 0.782. The molecule has 0 fully saturated rings. The van der Waals surface area contributed by atoms with Gasteiger partial charge in [-0.1, -0.05) is 37.0 Å². The van der Waals surface area contributed by atoms with Crippen molar-refractivity contribution >= 4 is 23.2 Å². The normalized spacial score (nSPS) is 11.1. The number of nitrogens with zero attached hydrogens (tertiary/aromatic N) is 2. The maximum absolute atomic E-state index is 6.22. The third-order valence-corrected chi connectivity index (χ3v) is 3.02. The van der Waals surface area contributed by atoms with E-state index in [4.69, 9.17) is 23.2 Å². The first-order valence-electron chi connectivity index (χ1n) is 5.08. The van der Waals surface area contributed by atoms with E-state index in [-0.39, 0.29) is 0 Å². The van der Waals surface area contributed by atoms with Crippen molar-refractivity contribution in [1.29, 1.82) is 0 Å². The maximum atomic E-state index is 6.22. The predicted molar refractivity (Wildman–Crippen MR) is 67.7 cm³/mol. The molecule has 2 rings (SSSR count). The van der Waals surface area contributed by atoms with Crippen molar-refractivity contribution in [2.45, 2.75) is 19.8 Å². The molecule has 1 aromatic heterocycles. The second-order valence-corrected chi connectivity index (χ2v) is 4.75. The van der Waals surface area contributed by atoms with Crippen LogP contribution in [0.4, 0.5) is 0 Å². The summed E-state index contributed by atoms with van der Waals surface area (Å²) in [6.07, 6.45) is 3.52. The second-order valence-electron chi connectivity index (χ2n) is 3.94. The molecule has 0 amide bonds. The Balaban J connectivity index is 2.56. The molecule has 0 saturated carbocycles. The Hall–Kier alpha value is -0.990. The van der Waals surface area contributed by atoms with Gasteiger partial charge in [-0.2, -0.15) is 5.10 Å². The van der Waals surface area contributed by atoms with Gasteiger partial charge in [-0.15, -0.1) is 0 Å². The van der Waals surface area contributed by atoms with Gasteiger partial charge in [0.2, 0.25) is 0 Å². The van der Waals surface area contributed by atoms with Crippen LogP contribution in [0.3, 0.4) is 0 Å². The molecule has 0 aliphatic rings. The first kappa shape index (κ1) is 11.5. The van der Waals surface area contributed by atoms with Crippen molar-refractivity contribution in [2.75, 3.05) is 0 Å². The third-order valence-electron chi connectivity index (χ3n) is 2.44. The monoisotopic (exact) mass is 254 g/mol. The van der Waals surface area contributed by atoms with Crippen molar-refractivity contribution in [3.05, 3.63) is 46.2 Å². The van der Waals surface area contributed by atoms with E-state index in [1.807, 2.05) is 24.4 Å². The van der Waals surface area contributed by atoms with Crippen LogP contribution >= 0.6 is 23.2 Å². The van der Waals surface area contributed by atoms with Crippen molar-refractivity contribution in [1.82, 2.24) is 9.78 Å². The highest BCUT2D eigenvalue weighted by molar-refractivity contribution is 6.37. The summed E-state index contributed by atoms with van der Waals surface area (Å²) in [4.78, 5) is 0. The molecule has 0 spiro atoms. The summed E-state index contributed by atoms with van der Waals surface area (Å²) < 4.78 is 1.68. The molecule has 0 aliphatic heterocycles. The average molecular weight is 255 g/mol. The molecule has 1 aromatic carbocycles. The molecule has 0 unspecified atom stereocenters. The van der Waals surface area contributed by atoms with Crippen LogP contribution in [0.25, 0.3) is 5.69 Å². The Labute approximate surface area is 105 Å². The fourth-order valence-corrected chi connectivity index (χ4v) is 2.22. The first-order chi connectivity index (χ1) is 7.59. The van der Waals surface area contributed by atoms with Gasteiger partial charge in [-0.25, -0.2) is 4.68 Å². The zero-order chi connectivity index (χ0) is 11.7. The molecule has 0 radical (unpaired) electrons. The van der Waals surface area contributed by atoms with Gasteiger partial charge < -0.3 is 0 Å². The molecule has 2 nitrogen and oxygen atoms in total. The number of halogens is 2. The Morgan fingerprint density at radius 1 is 1.19 bits per heavy atom. The number of hydrogen-bond acceptors (Lipinski definition) is 1. The zero-order valence-corrected chi connectivity index (χ0v) is 10.6.